The molecule has 0 aliphatic heterocycles. The molecule has 0 aromatic heterocycles. The maximum Gasteiger partial charge on any atom is 0.511 e. The van der Waals surface area contributed by atoms with Gasteiger partial charge >= 0.3 is 6.16 Å². The van der Waals surface area contributed by atoms with E-state index < -0.39 is 6.16 Å². The minimum atomic E-state index is -1.24. The summed E-state index contributed by atoms with van der Waals surface area (Å²) in [7, 11) is 0. The van der Waals surface area contributed by atoms with Crippen molar-refractivity contribution in [2.75, 3.05) is 0 Å². The second-order valence-corrected chi connectivity index (χ2v) is 5.20. The quantitative estimate of drug-likeness (QED) is 0.353. The molecule has 0 unspecified atom stereocenters. The summed E-state index contributed by atoms with van der Waals surface area (Å²) in [6.07, 6.45) is 9.85. The van der Waals surface area contributed by atoms with Crippen molar-refractivity contribution in [3.8, 4) is 5.75 Å². The smallest absolute Gasteiger partial charge is 0.449 e. The molecular formula is C17H26O3. The van der Waals surface area contributed by atoms with Crippen LogP contribution in [0.4, 0.5) is 4.79 Å². The first kappa shape index (κ1) is 16.5. The van der Waals surface area contributed by atoms with Crippen LogP contribution >= 0.6 is 0 Å². The predicted molar refractivity (Wildman–Crippen MR) is 81.4 cm³/mol. The summed E-state index contributed by atoms with van der Waals surface area (Å²) in [5.41, 5.74) is 0.987. The Labute approximate surface area is 122 Å². The molecule has 1 N–H and O–H groups in total. The normalized spacial score (nSPS) is 10.4. The molecule has 1 aromatic carbocycles. The highest BCUT2D eigenvalue weighted by molar-refractivity contribution is 5.62. The molecule has 0 bridgehead atoms. The van der Waals surface area contributed by atoms with E-state index in [1.165, 1.54) is 44.9 Å². The molecule has 3 heteroatoms. The average molecular weight is 278 g/mol. The largest absolute Gasteiger partial charge is 0.511 e. The Kier molecular flexibility index (Phi) is 8.52. The van der Waals surface area contributed by atoms with Crippen LogP contribution in [0.3, 0.4) is 0 Å². The van der Waals surface area contributed by atoms with E-state index in [0.29, 0.717) is 5.75 Å². The molecule has 0 amide bonds. The summed E-state index contributed by atoms with van der Waals surface area (Å²) in [5.74, 6) is 0.475. The summed E-state index contributed by atoms with van der Waals surface area (Å²) in [5, 5.41) is 8.68. The summed E-state index contributed by atoms with van der Waals surface area (Å²) in [4.78, 5) is 10.6. The molecule has 3 nitrogen and oxygen atoms in total. The van der Waals surface area contributed by atoms with Gasteiger partial charge in [0, 0.05) is 0 Å². The Morgan fingerprint density at radius 2 is 1.60 bits per heavy atom. The van der Waals surface area contributed by atoms with Crippen molar-refractivity contribution in [3.63, 3.8) is 0 Å². The molecule has 0 radical (unpaired) electrons. The van der Waals surface area contributed by atoms with Gasteiger partial charge in [-0.15, -0.1) is 0 Å². The molecule has 1 aromatic rings. The van der Waals surface area contributed by atoms with Gasteiger partial charge in [0.1, 0.15) is 5.75 Å². The lowest BCUT2D eigenvalue weighted by atomic mass is 10.0. The second-order valence-electron chi connectivity index (χ2n) is 5.20. The highest BCUT2D eigenvalue weighted by Gasteiger charge is 2.06. The van der Waals surface area contributed by atoms with Crippen LogP contribution in [0.5, 0.6) is 5.75 Å². The van der Waals surface area contributed by atoms with E-state index in [1.807, 2.05) is 12.1 Å². The fourth-order valence-corrected chi connectivity index (χ4v) is 2.35. The molecular weight excluding hydrogens is 252 g/mol. The van der Waals surface area contributed by atoms with Gasteiger partial charge in [-0.1, -0.05) is 70.1 Å². The van der Waals surface area contributed by atoms with E-state index in [9.17, 15) is 4.79 Å². The van der Waals surface area contributed by atoms with E-state index >= 15 is 0 Å². The van der Waals surface area contributed by atoms with Crippen molar-refractivity contribution in [1.29, 1.82) is 0 Å². The Morgan fingerprint density at radius 3 is 2.25 bits per heavy atom. The number of carboxylic acid groups (broad SMARTS) is 1. The number of unbranched alkanes of at least 4 members (excludes halogenated alkanes) is 7. The summed E-state index contributed by atoms with van der Waals surface area (Å²) < 4.78 is 4.78. The third-order valence-corrected chi connectivity index (χ3v) is 3.47. The highest BCUT2D eigenvalue weighted by atomic mass is 16.7. The Morgan fingerprint density at radius 1 is 1.00 bits per heavy atom. The van der Waals surface area contributed by atoms with Crippen LogP contribution in [0, 0.1) is 0 Å². The maximum absolute atomic E-state index is 10.6. The number of ether oxygens (including phenoxy) is 1. The van der Waals surface area contributed by atoms with Gasteiger partial charge < -0.3 is 9.84 Å². The molecule has 0 saturated heterocycles. The van der Waals surface area contributed by atoms with Crippen LogP contribution in [0.15, 0.2) is 24.3 Å². The molecule has 1 rings (SSSR count). The van der Waals surface area contributed by atoms with Crippen molar-refractivity contribution in [2.24, 2.45) is 0 Å². The molecule has 20 heavy (non-hydrogen) atoms. The summed E-state index contributed by atoms with van der Waals surface area (Å²) in [6.45, 7) is 2.23. The topological polar surface area (TPSA) is 46.5 Å². The van der Waals surface area contributed by atoms with Crippen LogP contribution in [-0.2, 0) is 6.42 Å². The minimum absolute atomic E-state index is 0.475. The Hall–Kier alpha value is -1.51. The molecule has 0 saturated carbocycles. The lowest BCUT2D eigenvalue weighted by molar-refractivity contribution is 0.144. The summed E-state index contributed by atoms with van der Waals surface area (Å²) in [6, 6.07) is 7.39. The molecule has 0 atom stereocenters. The van der Waals surface area contributed by atoms with Crippen LogP contribution in [0.25, 0.3) is 0 Å². The third kappa shape index (κ3) is 7.17. The first-order valence-corrected chi connectivity index (χ1v) is 7.72. The molecule has 0 heterocycles. The lowest BCUT2D eigenvalue weighted by Gasteiger charge is -2.07. The van der Waals surface area contributed by atoms with Gasteiger partial charge in [0.05, 0.1) is 0 Å². The van der Waals surface area contributed by atoms with Crippen LogP contribution in [-0.4, -0.2) is 11.3 Å². The zero-order chi connectivity index (χ0) is 14.6. The van der Waals surface area contributed by atoms with Crippen LogP contribution < -0.4 is 4.74 Å². The van der Waals surface area contributed by atoms with Crippen molar-refractivity contribution in [2.45, 2.75) is 64.7 Å². The standard InChI is InChI=1S/C17H26O3/c1-2-3-4-5-6-7-8-9-12-15-13-10-11-14-16(15)20-17(18)19/h10-11,13-14H,2-9,12H2,1H3,(H,18,19). The van der Waals surface area contributed by atoms with E-state index in [-0.39, 0.29) is 0 Å². The Balaban J connectivity index is 2.20. The number of carbonyl (C=O) groups is 1. The molecule has 0 aliphatic carbocycles. The van der Waals surface area contributed by atoms with Gasteiger partial charge in [-0.05, 0) is 24.5 Å². The first-order valence-electron chi connectivity index (χ1n) is 7.72. The molecule has 112 valence electrons. The minimum Gasteiger partial charge on any atom is -0.449 e. The fourth-order valence-electron chi connectivity index (χ4n) is 2.35. The molecule has 0 spiro atoms. The number of para-hydroxylation sites is 1. The molecule has 0 aliphatic rings. The number of hydrogen-bond donors (Lipinski definition) is 1. The van der Waals surface area contributed by atoms with Crippen LogP contribution in [0.2, 0.25) is 0 Å². The Bertz CT molecular complexity index is 388. The van der Waals surface area contributed by atoms with Gasteiger partial charge in [0.2, 0.25) is 0 Å². The van der Waals surface area contributed by atoms with Crippen molar-refractivity contribution in [3.05, 3.63) is 29.8 Å². The fraction of sp³-hybridized carbons (Fsp3) is 0.588. The van der Waals surface area contributed by atoms with Gasteiger partial charge in [0.25, 0.3) is 0 Å². The van der Waals surface area contributed by atoms with Crippen molar-refractivity contribution in [1.82, 2.24) is 0 Å². The highest BCUT2D eigenvalue weighted by Crippen LogP contribution is 2.21. The van der Waals surface area contributed by atoms with Crippen molar-refractivity contribution < 1.29 is 14.6 Å². The van der Waals surface area contributed by atoms with E-state index in [4.69, 9.17) is 9.84 Å². The number of rotatable bonds is 10. The number of hydrogen-bond acceptors (Lipinski definition) is 2. The average Bonchev–Trinajstić information content (AvgIpc) is 2.43. The summed E-state index contributed by atoms with van der Waals surface area (Å²) >= 11 is 0. The number of benzene rings is 1. The SMILES string of the molecule is CCCCCCCCCCc1ccccc1OC(=O)O. The van der Waals surface area contributed by atoms with Crippen LogP contribution in [0.1, 0.15) is 63.9 Å². The third-order valence-electron chi connectivity index (χ3n) is 3.47. The zero-order valence-corrected chi connectivity index (χ0v) is 12.4. The van der Waals surface area contributed by atoms with Crippen molar-refractivity contribution >= 4 is 6.16 Å². The maximum atomic E-state index is 10.6. The first-order chi connectivity index (χ1) is 9.74. The van der Waals surface area contributed by atoms with E-state index in [2.05, 4.69) is 6.92 Å². The van der Waals surface area contributed by atoms with Gasteiger partial charge in [-0.2, -0.15) is 0 Å². The monoisotopic (exact) mass is 278 g/mol. The van der Waals surface area contributed by atoms with Gasteiger partial charge in [-0.3, -0.25) is 0 Å². The number of aryl methyl sites for hydroxylation is 1. The predicted octanol–water partition coefficient (Wildman–Crippen LogP) is 5.43. The van der Waals surface area contributed by atoms with Gasteiger partial charge in [-0.25, -0.2) is 4.79 Å². The van der Waals surface area contributed by atoms with E-state index in [0.717, 1.165) is 18.4 Å². The van der Waals surface area contributed by atoms with Gasteiger partial charge in [0.15, 0.2) is 0 Å². The second kappa shape index (κ2) is 10.3. The lowest BCUT2D eigenvalue weighted by Crippen LogP contribution is -2.05. The zero-order valence-electron chi connectivity index (χ0n) is 12.4. The molecule has 0 fully saturated rings. The van der Waals surface area contributed by atoms with E-state index in [1.54, 1.807) is 12.1 Å².